The van der Waals surface area contributed by atoms with E-state index in [2.05, 4.69) is 10.1 Å². The normalized spacial score (nSPS) is 10.9. The molecule has 0 fully saturated rings. The minimum atomic E-state index is -0.349. The number of aromatic nitrogens is 2. The number of esters is 1. The van der Waals surface area contributed by atoms with Crippen LogP contribution in [0.3, 0.4) is 0 Å². The van der Waals surface area contributed by atoms with Crippen molar-refractivity contribution in [1.29, 1.82) is 0 Å². The van der Waals surface area contributed by atoms with E-state index >= 15 is 0 Å². The van der Waals surface area contributed by atoms with Crippen LogP contribution in [0.15, 0.2) is 71.3 Å². The van der Waals surface area contributed by atoms with Crippen LogP contribution < -0.4 is 0 Å². The second-order valence-corrected chi connectivity index (χ2v) is 6.43. The largest absolute Gasteiger partial charge is 0.455 e. The van der Waals surface area contributed by atoms with Crippen LogP contribution in [-0.2, 0) is 22.6 Å². The number of nitrogens with zero attached hydrogens (tertiary/aromatic N) is 2. The summed E-state index contributed by atoms with van der Waals surface area (Å²) in [6.45, 7) is -0.0653. The van der Waals surface area contributed by atoms with Crippen molar-refractivity contribution in [3.05, 3.63) is 83.2 Å². The van der Waals surface area contributed by atoms with Gasteiger partial charge in [0.25, 0.3) is 5.89 Å². The Labute approximate surface area is 160 Å². The highest BCUT2D eigenvalue weighted by atomic mass is 35.5. The van der Waals surface area contributed by atoms with E-state index in [0.29, 0.717) is 10.8 Å². The van der Waals surface area contributed by atoms with Gasteiger partial charge in [0.2, 0.25) is 5.82 Å². The third-order valence-electron chi connectivity index (χ3n) is 4.14. The molecule has 0 aliphatic carbocycles. The van der Waals surface area contributed by atoms with Gasteiger partial charge in [-0.05, 0) is 40.6 Å². The second-order valence-electron chi connectivity index (χ2n) is 5.99. The second kappa shape index (κ2) is 7.60. The Hall–Kier alpha value is -3.18. The molecule has 3 aromatic carbocycles. The van der Waals surface area contributed by atoms with Crippen molar-refractivity contribution >= 4 is 28.3 Å². The molecule has 0 saturated carbocycles. The van der Waals surface area contributed by atoms with Crippen LogP contribution in [0.1, 0.15) is 11.5 Å². The number of fused-ring (bicyclic) bond motifs is 1. The molecule has 134 valence electrons. The lowest BCUT2D eigenvalue weighted by atomic mass is 10.0. The molecule has 0 unspecified atom stereocenters. The fraction of sp³-hybridized carbons (Fsp3) is 0.0952. The van der Waals surface area contributed by atoms with Gasteiger partial charge in [-0.3, -0.25) is 4.79 Å². The van der Waals surface area contributed by atoms with Crippen molar-refractivity contribution in [1.82, 2.24) is 10.1 Å². The Kier molecular flexibility index (Phi) is 4.85. The van der Waals surface area contributed by atoms with E-state index in [9.17, 15) is 4.79 Å². The van der Waals surface area contributed by atoms with Gasteiger partial charge in [-0.2, -0.15) is 4.98 Å². The predicted molar refractivity (Wildman–Crippen MR) is 102 cm³/mol. The molecule has 5 nitrogen and oxygen atoms in total. The number of rotatable bonds is 5. The molecule has 0 radical (unpaired) electrons. The number of hydrogen-bond acceptors (Lipinski definition) is 5. The third-order valence-corrected chi connectivity index (χ3v) is 4.39. The molecule has 0 aliphatic rings. The van der Waals surface area contributed by atoms with Gasteiger partial charge in [0.1, 0.15) is 0 Å². The standard InChI is InChI=1S/C21H15ClN2O3/c22-17-10-8-15(9-11-17)21-23-19(27-24-21)13-26-20(25)12-16-6-3-5-14-4-1-2-7-18(14)16/h1-11H,12-13H2. The quantitative estimate of drug-likeness (QED) is 0.465. The minimum Gasteiger partial charge on any atom is -0.455 e. The molecule has 0 spiro atoms. The van der Waals surface area contributed by atoms with E-state index in [1.807, 2.05) is 42.5 Å². The number of halogens is 1. The van der Waals surface area contributed by atoms with E-state index in [1.165, 1.54) is 0 Å². The van der Waals surface area contributed by atoms with Crippen molar-refractivity contribution in [2.75, 3.05) is 0 Å². The molecular formula is C21H15ClN2O3. The average Bonchev–Trinajstić information content (AvgIpc) is 3.16. The van der Waals surface area contributed by atoms with E-state index < -0.39 is 0 Å². The maximum Gasteiger partial charge on any atom is 0.310 e. The molecule has 6 heteroatoms. The van der Waals surface area contributed by atoms with Crippen molar-refractivity contribution < 1.29 is 14.1 Å². The Balaban J connectivity index is 1.40. The maximum atomic E-state index is 12.2. The summed E-state index contributed by atoms with van der Waals surface area (Å²) < 4.78 is 10.4. The monoisotopic (exact) mass is 378 g/mol. The molecule has 1 heterocycles. The molecule has 4 aromatic rings. The van der Waals surface area contributed by atoms with E-state index in [1.54, 1.807) is 24.3 Å². The summed E-state index contributed by atoms with van der Waals surface area (Å²) in [5.74, 6) is 0.315. The average molecular weight is 379 g/mol. The molecule has 1 aromatic heterocycles. The first-order chi connectivity index (χ1) is 13.2. The summed E-state index contributed by atoms with van der Waals surface area (Å²) in [7, 11) is 0. The zero-order valence-electron chi connectivity index (χ0n) is 14.3. The van der Waals surface area contributed by atoms with Gasteiger partial charge >= 0.3 is 5.97 Å². The Morgan fingerprint density at radius 2 is 1.78 bits per heavy atom. The first-order valence-corrected chi connectivity index (χ1v) is 8.77. The lowest BCUT2D eigenvalue weighted by molar-refractivity contribution is -0.144. The van der Waals surface area contributed by atoms with Crippen LogP contribution in [0.2, 0.25) is 5.02 Å². The summed E-state index contributed by atoms with van der Waals surface area (Å²) in [5.41, 5.74) is 1.70. The van der Waals surface area contributed by atoms with Crippen LogP contribution in [-0.4, -0.2) is 16.1 Å². The number of ether oxygens (including phenoxy) is 1. The predicted octanol–water partition coefficient (Wildman–Crippen LogP) is 4.83. The summed E-state index contributed by atoms with van der Waals surface area (Å²) >= 11 is 5.87. The van der Waals surface area contributed by atoms with Crippen molar-refractivity contribution in [3.8, 4) is 11.4 Å². The Morgan fingerprint density at radius 1 is 1.00 bits per heavy atom. The third kappa shape index (κ3) is 3.99. The fourth-order valence-corrected chi connectivity index (χ4v) is 2.95. The summed E-state index contributed by atoms with van der Waals surface area (Å²) in [4.78, 5) is 16.5. The van der Waals surface area contributed by atoms with Crippen LogP contribution in [0, 0.1) is 0 Å². The molecule has 0 aliphatic heterocycles. The van der Waals surface area contributed by atoms with E-state index in [-0.39, 0.29) is 24.9 Å². The number of carbonyl (C=O) groups excluding carboxylic acids is 1. The fourth-order valence-electron chi connectivity index (χ4n) is 2.83. The first kappa shape index (κ1) is 17.2. The molecule has 0 amide bonds. The minimum absolute atomic E-state index is 0.0653. The van der Waals surface area contributed by atoms with Gasteiger partial charge in [0, 0.05) is 10.6 Å². The molecular weight excluding hydrogens is 364 g/mol. The summed E-state index contributed by atoms with van der Waals surface area (Å²) in [6.07, 6.45) is 0.180. The number of carbonyl (C=O) groups is 1. The zero-order chi connectivity index (χ0) is 18.6. The highest BCUT2D eigenvalue weighted by molar-refractivity contribution is 6.30. The Morgan fingerprint density at radius 3 is 2.63 bits per heavy atom. The topological polar surface area (TPSA) is 65.2 Å². The molecule has 0 bridgehead atoms. The SMILES string of the molecule is O=C(Cc1cccc2ccccc12)OCc1nc(-c2ccc(Cl)cc2)no1. The highest BCUT2D eigenvalue weighted by Crippen LogP contribution is 2.20. The van der Waals surface area contributed by atoms with Crippen LogP contribution in [0.5, 0.6) is 0 Å². The van der Waals surface area contributed by atoms with Crippen molar-refractivity contribution in [2.45, 2.75) is 13.0 Å². The lowest BCUT2D eigenvalue weighted by Crippen LogP contribution is -2.08. The van der Waals surface area contributed by atoms with Crippen LogP contribution in [0.25, 0.3) is 22.2 Å². The molecule has 0 saturated heterocycles. The van der Waals surface area contributed by atoms with E-state index in [0.717, 1.165) is 21.9 Å². The zero-order valence-corrected chi connectivity index (χ0v) is 15.0. The number of benzene rings is 3. The smallest absolute Gasteiger partial charge is 0.310 e. The van der Waals surface area contributed by atoms with Gasteiger partial charge in [-0.1, -0.05) is 59.2 Å². The summed E-state index contributed by atoms with van der Waals surface area (Å²) in [5, 5.41) is 6.66. The molecule has 0 N–H and O–H groups in total. The maximum absolute atomic E-state index is 12.2. The van der Waals surface area contributed by atoms with Gasteiger partial charge < -0.3 is 9.26 Å². The first-order valence-electron chi connectivity index (χ1n) is 8.40. The highest BCUT2D eigenvalue weighted by Gasteiger charge is 2.12. The molecule has 4 rings (SSSR count). The van der Waals surface area contributed by atoms with Crippen LogP contribution in [0.4, 0.5) is 0 Å². The molecule has 0 atom stereocenters. The van der Waals surface area contributed by atoms with Gasteiger partial charge in [-0.15, -0.1) is 0 Å². The summed E-state index contributed by atoms with van der Waals surface area (Å²) in [6, 6.07) is 20.9. The number of hydrogen-bond donors (Lipinski definition) is 0. The van der Waals surface area contributed by atoms with Gasteiger partial charge in [0.05, 0.1) is 6.42 Å². The van der Waals surface area contributed by atoms with Gasteiger partial charge in [-0.25, -0.2) is 0 Å². The van der Waals surface area contributed by atoms with Gasteiger partial charge in [0.15, 0.2) is 6.61 Å². The van der Waals surface area contributed by atoms with Crippen molar-refractivity contribution in [3.63, 3.8) is 0 Å². The lowest BCUT2D eigenvalue weighted by Gasteiger charge is -2.06. The Bertz CT molecular complexity index is 1080. The van der Waals surface area contributed by atoms with Crippen LogP contribution >= 0.6 is 11.6 Å². The van der Waals surface area contributed by atoms with Crippen molar-refractivity contribution in [2.24, 2.45) is 0 Å². The molecule has 27 heavy (non-hydrogen) atoms. The van der Waals surface area contributed by atoms with E-state index in [4.69, 9.17) is 20.9 Å².